The number of anilines is 1. The summed E-state index contributed by atoms with van der Waals surface area (Å²) in [5, 5.41) is 12.4. The standard InChI is InChI=1S/C17H12N4O3/c1-2-15(22)20-12-5-6-18-13(8-12)10-3-4-11-9-19-16(17(23)24)21-14(11)7-10/h2-9H,1H2,(H,23,24)(H,18,20,22). The Morgan fingerprint density at radius 3 is 2.75 bits per heavy atom. The zero-order chi connectivity index (χ0) is 17.1. The second-order valence-electron chi connectivity index (χ2n) is 4.90. The van der Waals surface area contributed by atoms with Gasteiger partial charge in [-0.05, 0) is 24.3 Å². The van der Waals surface area contributed by atoms with Gasteiger partial charge in [0, 0.05) is 29.0 Å². The number of carboxylic acids is 1. The molecule has 0 radical (unpaired) electrons. The number of hydrogen-bond acceptors (Lipinski definition) is 5. The number of aromatic nitrogens is 3. The summed E-state index contributed by atoms with van der Waals surface area (Å²) in [7, 11) is 0. The molecule has 0 fully saturated rings. The molecule has 24 heavy (non-hydrogen) atoms. The summed E-state index contributed by atoms with van der Waals surface area (Å²) >= 11 is 0. The quantitative estimate of drug-likeness (QED) is 0.716. The zero-order valence-corrected chi connectivity index (χ0v) is 12.4. The summed E-state index contributed by atoms with van der Waals surface area (Å²) in [4.78, 5) is 34.4. The molecule has 0 unspecified atom stereocenters. The van der Waals surface area contributed by atoms with Crippen LogP contribution in [0.2, 0.25) is 0 Å². The van der Waals surface area contributed by atoms with Crippen LogP contribution >= 0.6 is 0 Å². The van der Waals surface area contributed by atoms with Crippen molar-refractivity contribution in [1.82, 2.24) is 15.0 Å². The van der Waals surface area contributed by atoms with Gasteiger partial charge in [-0.2, -0.15) is 0 Å². The molecule has 0 atom stereocenters. The highest BCUT2D eigenvalue weighted by molar-refractivity contribution is 5.99. The van der Waals surface area contributed by atoms with Gasteiger partial charge in [-0.3, -0.25) is 9.78 Å². The predicted octanol–water partition coefficient (Wildman–Crippen LogP) is 2.51. The fraction of sp³-hybridized carbons (Fsp3) is 0. The van der Waals surface area contributed by atoms with Gasteiger partial charge in [0.05, 0.1) is 11.2 Å². The Morgan fingerprint density at radius 2 is 2.00 bits per heavy atom. The number of fused-ring (bicyclic) bond motifs is 1. The summed E-state index contributed by atoms with van der Waals surface area (Å²) in [5.74, 6) is -1.77. The van der Waals surface area contributed by atoms with Gasteiger partial charge in [-0.15, -0.1) is 0 Å². The SMILES string of the molecule is C=CC(=O)Nc1ccnc(-c2ccc3cnc(C(=O)O)nc3c2)c1. The van der Waals surface area contributed by atoms with Crippen LogP contribution in [0.1, 0.15) is 10.6 Å². The number of hydrogen-bond donors (Lipinski definition) is 2. The highest BCUT2D eigenvalue weighted by Crippen LogP contribution is 2.23. The van der Waals surface area contributed by atoms with E-state index in [1.807, 2.05) is 6.07 Å². The van der Waals surface area contributed by atoms with Crippen molar-refractivity contribution in [3.8, 4) is 11.3 Å². The van der Waals surface area contributed by atoms with Gasteiger partial charge in [-0.25, -0.2) is 14.8 Å². The van der Waals surface area contributed by atoms with E-state index in [9.17, 15) is 9.59 Å². The molecule has 0 aliphatic carbocycles. The van der Waals surface area contributed by atoms with Crippen LogP contribution in [0, 0.1) is 0 Å². The molecule has 0 aliphatic heterocycles. The number of carboxylic acid groups (broad SMARTS) is 1. The number of carbonyl (C=O) groups excluding carboxylic acids is 1. The normalized spacial score (nSPS) is 10.3. The van der Waals surface area contributed by atoms with E-state index in [0.717, 1.165) is 10.9 Å². The van der Waals surface area contributed by atoms with E-state index in [0.29, 0.717) is 16.9 Å². The minimum absolute atomic E-state index is 0.264. The van der Waals surface area contributed by atoms with Gasteiger partial charge in [0.25, 0.3) is 0 Å². The summed E-state index contributed by atoms with van der Waals surface area (Å²) < 4.78 is 0. The fourth-order valence-corrected chi connectivity index (χ4v) is 2.15. The monoisotopic (exact) mass is 320 g/mol. The predicted molar refractivity (Wildman–Crippen MR) is 88.6 cm³/mol. The molecule has 0 spiro atoms. The number of nitrogens with zero attached hydrogens (tertiary/aromatic N) is 3. The van der Waals surface area contributed by atoms with E-state index in [2.05, 4.69) is 26.8 Å². The maximum atomic E-state index is 11.4. The topological polar surface area (TPSA) is 105 Å². The third-order valence-electron chi connectivity index (χ3n) is 3.28. The Balaban J connectivity index is 2.02. The zero-order valence-electron chi connectivity index (χ0n) is 12.4. The van der Waals surface area contributed by atoms with Gasteiger partial charge in [-0.1, -0.05) is 18.7 Å². The van der Waals surface area contributed by atoms with Gasteiger partial charge in [0.2, 0.25) is 11.7 Å². The molecule has 2 heterocycles. The van der Waals surface area contributed by atoms with Gasteiger partial charge in [0.15, 0.2) is 0 Å². The van der Waals surface area contributed by atoms with Crippen LogP contribution < -0.4 is 5.32 Å². The van der Waals surface area contributed by atoms with Crippen LogP contribution in [0.15, 0.2) is 55.4 Å². The number of rotatable bonds is 4. The molecule has 1 aromatic carbocycles. The van der Waals surface area contributed by atoms with E-state index in [4.69, 9.17) is 5.11 Å². The lowest BCUT2D eigenvalue weighted by Crippen LogP contribution is -2.07. The van der Waals surface area contributed by atoms with E-state index < -0.39 is 5.97 Å². The third-order valence-corrected chi connectivity index (χ3v) is 3.28. The smallest absolute Gasteiger partial charge is 0.373 e. The number of carbonyl (C=O) groups is 2. The van der Waals surface area contributed by atoms with Crippen molar-refractivity contribution in [3.05, 3.63) is 61.2 Å². The molecule has 0 bridgehead atoms. The highest BCUT2D eigenvalue weighted by Gasteiger charge is 2.09. The molecule has 0 saturated heterocycles. The average Bonchev–Trinajstić information content (AvgIpc) is 2.60. The number of pyridine rings is 1. The molecule has 0 aliphatic rings. The third kappa shape index (κ3) is 3.09. The summed E-state index contributed by atoms with van der Waals surface area (Å²) in [6.45, 7) is 3.40. The first-order valence-corrected chi connectivity index (χ1v) is 6.97. The Hall–Kier alpha value is -3.61. The van der Waals surface area contributed by atoms with Gasteiger partial charge >= 0.3 is 5.97 Å². The molecular formula is C17H12N4O3. The Kier molecular flexibility index (Phi) is 3.98. The minimum Gasteiger partial charge on any atom is -0.475 e. The Bertz CT molecular complexity index is 969. The summed E-state index contributed by atoms with van der Waals surface area (Å²) in [5.41, 5.74) is 2.45. The van der Waals surface area contributed by atoms with Crippen molar-refractivity contribution >= 4 is 28.5 Å². The number of aromatic carboxylic acids is 1. The number of nitrogens with one attached hydrogen (secondary N) is 1. The van der Waals surface area contributed by atoms with Crippen LogP contribution in [0.4, 0.5) is 5.69 Å². The lowest BCUT2D eigenvalue weighted by Gasteiger charge is -2.06. The van der Waals surface area contributed by atoms with E-state index in [-0.39, 0.29) is 11.7 Å². The van der Waals surface area contributed by atoms with E-state index in [1.165, 1.54) is 12.3 Å². The Morgan fingerprint density at radius 1 is 1.17 bits per heavy atom. The minimum atomic E-state index is -1.19. The van der Waals surface area contributed by atoms with Crippen molar-refractivity contribution in [2.75, 3.05) is 5.32 Å². The van der Waals surface area contributed by atoms with E-state index >= 15 is 0 Å². The van der Waals surface area contributed by atoms with Crippen LogP contribution in [0.3, 0.4) is 0 Å². The first-order chi connectivity index (χ1) is 11.6. The average molecular weight is 320 g/mol. The molecule has 0 saturated carbocycles. The molecule has 118 valence electrons. The highest BCUT2D eigenvalue weighted by atomic mass is 16.4. The number of amides is 1. The van der Waals surface area contributed by atoms with Crippen LogP contribution in [0.25, 0.3) is 22.2 Å². The van der Waals surface area contributed by atoms with Crippen molar-refractivity contribution in [1.29, 1.82) is 0 Å². The van der Waals surface area contributed by atoms with Crippen LogP contribution in [-0.4, -0.2) is 31.9 Å². The molecule has 3 aromatic rings. The molecular weight excluding hydrogens is 308 g/mol. The molecule has 1 amide bonds. The van der Waals surface area contributed by atoms with Crippen molar-refractivity contribution in [2.24, 2.45) is 0 Å². The summed E-state index contributed by atoms with van der Waals surface area (Å²) in [6, 6.07) is 8.71. The largest absolute Gasteiger partial charge is 0.475 e. The van der Waals surface area contributed by atoms with Gasteiger partial charge < -0.3 is 10.4 Å². The Labute approximate surface area is 136 Å². The maximum Gasteiger partial charge on any atom is 0.373 e. The molecule has 7 nitrogen and oxygen atoms in total. The molecule has 2 N–H and O–H groups in total. The molecule has 3 rings (SSSR count). The van der Waals surface area contributed by atoms with Gasteiger partial charge in [0.1, 0.15) is 0 Å². The van der Waals surface area contributed by atoms with Crippen LogP contribution in [-0.2, 0) is 4.79 Å². The first-order valence-electron chi connectivity index (χ1n) is 6.97. The fourth-order valence-electron chi connectivity index (χ4n) is 2.15. The van der Waals surface area contributed by atoms with Crippen molar-refractivity contribution in [3.63, 3.8) is 0 Å². The second-order valence-corrected chi connectivity index (χ2v) is 4.90. The van der Waals surface area contributed by atoms with Crippen molar-refractivity contribution in [2.45, 2.75) is 0 Å². The number of benzene rings is 1. The first kappa shape index (κ1) is 15.3. The van der Waals surface area contributed by atoms with Crippen molar-refractivity contribution < 1.29 is 14.7 Å². The second kappa shape index (κ2) is 6.25. The van der Waals surface area contributed by atoms with Crippen LogP contribution in [0.5, 0.6) is 0 Å². The lowest BCUT2D eigenvalue weighted by atomic mass is 10.1. The van der Waals surface area contributed by atoms with E-state index in [1.54, 1.807) is 30.5 Å². The molecule has 2 aromatic heterocycles. The molecule has 7 heteroatoms. The summed E-state index contributed by atoms with van der Waals surface area (Å²) in [6.07, 6.45) is 4.21. The maximum absolute atomic E-state index is 11.4. The lowest BCUT2D eigenvalue weighted by molar-refractivity contribution is -0.111.